The lowest BCUT2D eigenvalue weighted by Gasteiger charge is -2.08. The monoisotopic (exact) mass is 325 g/mol. The minimum atomic E-state index is -0.454. The maximum absolute atomic E-state index is 11.3. The molecule has 0 unspecified atom stereocenters. The van der Waals surface area contributed by atoms with Crippen molar-refractivity contribution < 1.29 is 14.4 Å². The SMILES string of the molecule is COc1cc(/C=C/c2n[nH]c3ccccc23)c([N+](=O)[O-])cc1OC. The molecule has 0 saturated carbocycles. The van der Waals surface area contributed by atoms with Gasteiger partial charge in [0.1, 0.15) is 0 Å². The third-order valence-electron chi connectivity index (χ3n) is 3.65. The van der Waals surface area contributed by atoms with Crippen LogP contribution in [0.15, 0.2) is 36.4 Å². The van der Waals surface area contributed by atoms with Gasteiger partial charge < -0.3 is 9.47 Å². The third kappa shape index (κ3) is 2.79. The van der Waals surface area contributed by atoms with Crippen LogP contribution < -0.4 is 9.47 Å². The van der Waals surface area contributed by atoms with Crippen molar-refractivity contribution in [3.8, 4) is 11.5 Å². The summed E-state index contributed by atoms with van der Waals surface area (Å²) in [5.74, 6) is 0.737. The Kier molecular flexibility index (Phi) is 4.15. The number of ether oxygens (including phenoxy) is 2. The molecular formula is C17H15N3O4. The van der Waals surface area contributed by atoms with Gasteiger partial charge >= 0.3 is 0 Å². The summed E-state index contributed by atoms with van der Waals surface area (Å²) in [4.78, 5) is 10.9. The van der Waals surface area contributed by atoms with E-state index < -0.39 is 4.92 Å². The summed E-state index contributed by atoms with van der Waals surface area (Å²) in [6.45, 7) is 0. The van der Waals surface area contributed by atoms with Gasteiger partial charge in [-0.1, -0.05) is 18.2 Å². The molecule has 7 heteroatoms. The molecule has 0 aliphatic heterocycles. The highest BCUT2D eigenvalue weighted by atomic mass is 16.6. The topological polar surface area (TPSA) is 90.3 Å². The number of nitro benzene ring substituents is 1. The van der Waals surface area contributed by atoms with Crippen molar-refractivity contribution in [2.45, 2.75) is 0 Å². The first kappa shape index (κ1) is 15.5. The molecule has 0 atom stereocenters. The molecule has 0 saturated heterocycles. The number of hydrogen-bond acceptors (Lipinski definition) is 5. The van der Waals surface area contributed by atoms with E-state index in [1.165, 1.54) is 20.3 Å². The molecule has 0 aliphatic carbocycles. The average Bonchev–Trinajstić information content (AvgIpc) is 3.02. The van der Waals surface area contributed by atoms with Crippen LogP contribution in [0.2, 0.25) is 0 Å². The molecule has 0 aliphatic rings. The number of aromatic nitrogens is 2. The standard InChI is InChI=1S/C17H15N3O4/c1-23-16-9-11(15(20(21)22)10-17(16)24-2)7-8-14-12-5-3-4-6-13(12)18-19-14/h3-10H,1-2H3,(H,18,19)/b8-7+. The number of nitrogens with one attached hydrogen (secondary N) is 1. The van der Waals surface area contributed by atoms with E-state index >= 15 is 0 Å². The fraction of sp³-hybridized carbons (Fsp3) is 0.118. The van der Waals surface area contributed by atoms with Crippen LogP contribution >= 0.6 is 0 Å². The second-order valence-electron chi connectivity index (χ2n) is 5.01. The smallest absolute Gasteiger partial charge is 0.280 e. The molecule has 122 valence electrons. The predicted octanol–water partition coefficient (Wildman–Crippen LogP) is 3.66. The largest absolute Gasteiger partial charge is 0.493 e. The van der Waals surface area contributed by atoms with Crippen molar-refractivity contribution in [1.29, 1.82) is 0 Å². The summed E-state index contributed by atoms with van der Waals surface area (Å²) in [6, 6.07) is 10.6. The molecule has 7 nitrogen and oxygen atoms in total. The third-order valence-corrected chi connectivity index (χ3v) is 3.65. The summed E-state index contributed by atoms with van der Waals surface area (Å²) in [6.07, 6.45) is 3.37. The molecule has 0 fully saturated rings. The van der Waals surface area contributed by atoms with Crippen LogP contribution in [0.1, 0.15) is 11.3 Å². The van der Waals surface area contributed by atoms with E-state index in [4.69, 9.17) is 9.47 Å². The predicted molar refractivity (Wildman–Crippen MR) is 91.2 cm³/mol. The van der Waals surface area contributed by atoms with Crippen LogP contribution in [0.3, 0.4) is 0 Å². The van der Waals surface area contributed by atoms with E-state index in [9.17, 15) is 10.1 Å². The summed E-state index contributed by atoms with van der Waals surface area (Å²) >= 11 is 0. The summed E-state index contributed by atoms with van der Waals surface area (Å²) < 4.78 is 10.3. The van der Waals surface area contributed by atoms with Crippen molar-refractivity contribution in [2.75, 3.05) is 14.2 Å². The first-order valence-corrected chi connectivity index (χ1v) is 7.15. The first-order chi connectivity index (χ1) is 11.6. The fourth-order valence-electron chi connectivity index (χ4n) is 2.46. The molecule has 0 radical (unpaired) electrons. The zero-order valence-corrected chi connectivity index (χ0v) is 13.1. The van der Waals surface area contributed by atoms with Crippen molar-refractivity contribution in [2.24, 2.45) is 0 Å². The number of hydrogen-bond donors (Lipinski definition) is 1. The minimum Gasteiger partial charge on any atom is -0.493 e. The van der Waals surface area contributed by atoms with Gasteiger partial charge in [-0.2, -0.15) is 5.10 Å². The van der Waals surface area contributed by atoms with Crippen molar-refractivity contribution in [3.63, 3.8) is 0 Å². The van der Waals surface area contributed by atoms with E-state index in [0.717, 1.165) is 10.9 Å². The highest BCUT2D eigenvalue weighted by Crippen LogP contribution is 2.35. The van der Waals surface area contributed by atoms with Crippen LogP contribution in [0.4, 0.5) is 5.69 Å². The maximum Gasteiger partial charge on any atom is 0.280 e. The zero-order chi connectivity index (χ0) is 17.1. The second kappa shape index (κ2) is 6.41. The first-order valence-electron chi connectivity index (χ1n) is 7.15. The lowest BCUT2D eigenvalue weighted by Crippen LogP contribution is -1.96. The van der Waals surface area contributed by atoms with Gasteiger partial charge in [0.25, 0.3) is 5.69 Å². The van der Waals surface area contributed by atoms with Crippen LogP contribution in [0, 0.1) is 10.1 Å². The van der Waals surface area contributed by atoms with Crippen molar-refractivity contribution >= 4 is 28.7 Å². The quantitative estimate of drug-likeness (QED) is 0.571. The molecule has 1 N–H and O–H groups in total. The summed E-state index contributed by atoms with van der Waals surface area (Å²) in [5.41, 5.74) is 1.95. The molecule has 1 aromatic heterocycles. The van der Waals surface area contributed by atoms with Crippen LogP contribution in [0.5, 0.6) is 11.5 Å². The minimum absolute atomic E-state index is 0.0660. The van der Waals surface area contributed by atoms with Gasteiger partial charge in [0.05, 0.1) is 42.0 Å². The highest BCUT2D eigenvalue weighted by molar-refractivity contribution is 5.90. The number of aromatic amines is 1. The Balaban J connectivity index is 2.06. The molecule has 0 spiro atoms. The van der Waals surface area contributed by atoms with Crippen molar-refractivity contribution in [1.82, 2.24) is 10.2 Å². The summed E-state index contributed by atoms with van der Waals surface area (Å²) in [7, 11) is 2.92. The molecule has 0 bridgehead atoms. The maximum atomic E-state index is 11.3. The number of benzene rings is 2. The Labute approximate surface area is 137 Å². The molecular weight excluding hydrogens is 310 g/mol. The van der Waals surface area contributed by atoms with E-state index in [0.29, 0.717) is 22.8 Å². The lowest BCUT2D eigenvalue weighted by atomic mass is 10.1. The van der Waals surface area contributed by atoms with Crippen molar-refractivity contribution in [3.05, 3.63) is 57.8 Å². The number of para-hydroxylation sites is 1. The highest BCUT2D eigenvalue weighted by Gasteiger charge is 2.18. The fourth-order valence-corrected chi connectivity index (χ4v) is 2.46. The number of H-pyrrole nitrogens is 1. The number of fused-ring (bicyclic) bond motifs is 1. The van der Waals surface area contributed by atoms with Gasteiger partial charge in [-0.25, -0.2) is 0 Å². The molecule has 3 aromatic rings. The second-order valence-corrected chi connectivity index (χ2v) is 5.01. The van der Waals surface area contributed by atoms with Gasteiger partial charge in [-0.05, 0) is 24.3 Å². The number of methoxy groups -OCH3 is 2. The van der Waals surface area contributed by atoms with Gasteiger partial charge in [0.2, 0.25) is 0 Å². The van der Waals surface area contributed by atoms with E-state index in [2.05, 4.69) is 10.2 Å². The Bertz CT molecular complexity index is 931. The van der Waals surface area contributed by atoms with E-state index in [-0.39, 0.29) is 5.69 Å². The number of nitrogens with zero attached hydrogens (tertiary/aromatic N) is 2. The average molecular weight is 325 g/mol. The van der Waals surface area contributed by atoms with Crippen LogP contribution in [0.25, 0.3) is 23.1 Å². The van der Waals surface area contributed by atoms with Gasteiger partial charge in [-0.3, -0.25) is 15.2 Å². The van der Waals surface area contributed by atoms with E-state index in [1.54, 1.807) is 18.2 Å². The van der Waals surface area contributed by atoms with Crippen LogP contribution in [-0.2, 0) is 0 Å². The van der Waals surface area contributed by atoms with E-state index in [1.807, 2.05) is 24.3 Å². The Morgan fingerprint density at radius 1 is 1.12 bits per heavy atom. The van der Waals surface area contributed by atoms with Gasteiger partial charge in [0.15, 0.2) is 11.5 Å². The van der Waals surface area contributed by atoms with Crippen LogP contribution in [-0.4, -0.2) is 29.3 Å². The molecule has 2 aromatic carbocycles. The number of rotatable bonds is 5. The normalized spacial score (nSPS) is 11.1. The molecule has 24 heavy (non-hydrogen) atoms. The molecule has 1 heterocycles. The summed E-state index contributed by atoms with van der Waals surface area (Å²) in [5, 5.41) is 19.4. The Hall–Kier alpha value is -3.35. The lowest BCUT2D eigenvalue weighted by molar-refractivity contribution is -0.385. The number of nitro groups is 1. The van der Waals surface area contributed by atoms with Gasteiger partial charge in [-0.15, -0.1) is 0 Å². The van der Waals surface area contributed by atoms with Gasteiger partial charge in [0, 0.05) is 5.39 Å². The molecule has 0 amide bonds. The zero-order valence-electron chi connectivity index (χ0n) is 13.1. The Morgan fingerprint density at radius 2 is 1.83 bits per heavy atom. The molecule has 3 rings (SSSR count). The Morgan fingerprint density at radius 3 is 2.54 bits per heavy atom.